The Kier molecular flexibility index (Phi) is 2.19. The summed E-state index contributed by atoms with van der Waals surface area (Å²) < 4.78 is 53.8. The second kappa shape index (κ2) is 5.62. The SMILES string of the molecule is [2H]c1nc2c(c(=O)n(CCCCC(O)C([2H])([2H])[2H])c(=O)n2C)n1C([2H])([2H])[2H]. The summed E-state index contributed by atoms with van der Waals surface area (Å²) >= 11 is 0. The Hall–Kier alpha value is -1.89. The molecule has 1 unspecified atom stereocenters. The molecule has 0 aromatic carbocycles. The maximum atomic E-state index is 12.7. The molecule has 0 amide bonds. The molecule has 0 aliphatic heterocycles. The highest BCUT2D eigenvalue weighted by Gasteiger charge is 2.14. The van der Waals surface area contributed by atoms with Crippen molar-refractivity contribution in [2.45, 2.75) is 38.8 Å². The van der Waals surface area contributed by atoms with Gasteiger partial charge < -0.3 is 9.67 Å². The summed E-state index contributed by atoms with van der Waals surface area (Å²) in [6, 6.07) is 0. The second-order valence-electron chi connectivity index (χ2n) is 4.53. The maximum Gasteiger partial charge on any atom is 0.332 e. The predicted octanol–water partition coefficient (Wildman–Crippen LogP) is -0.0152. The van der Waals surface area contributed by atoms with E-state index in [0.29, 0.717) is 4.57 Å². The lowest BCUT2D eigenvalue weighted by Gasteiger charge is -2.09. The van der Waals surface area contributed by atoms with Gasteiger partial charge in [-0.05, 0) is 26.1 Å². The highest BCUT2D eigenvalue weighted by Crippen LogP contribution is 2.04. The standard InChI is InChI=1S/C13H20N4O3/c1-9(18)6-4-5-7-17-12(19)10-11(14-8-15(10)2)16(3)13(17)20/h8-9,18H,4-7H2,1-3H3/i1D3,2D3,8D. The molecule has 110 valence electrons. The second-order valence-corrected chi connectivity index (χ2v) is 4.53. The average molecular weight is 287 g/mol. The normalized spacial score (nSPS) is 19.4. The Morgan fingerprint density at radius 1 is 1.50 bits per heavy atom. The van der Waals surface area contributed by atoms with Crippen molar-refractivity contribution in [1.29, 1.82) is 0 Å². The van der Waals surface area contributed by atoms with Crippen LogP contribution in [0.15, 0.2) is 15.9 Å². The minimum atomic E-state index is -2.82. The van der Waals surface area contributed by atoms with Crippen LogP contribution in [-0.2, 0) is 20.6 Å². The summed E-state index contributed by atoms with van der Waals surface area (Å²) in [5.74, 6) is 0. The molecule has 0 bridgehead atoms. The van der Waals surface area contributed by atoms with Gasteiger partial charge in [-0.3, -0.25) is 13.9 Å². The van der Waals surface area contributed by atoms with Crippen LogP contribution in [0.5, 0.6) is 0 Å². The van der Waals surface area contributed by atoms with Gasteiger partial charge in [0.05, 0.1) is 12.4 Å². The molecule has 0 aliphatic rings. The van der Waals surface area contributed by atoms with E-state index in [1.54, 1.807) is 0 Å². The van der Waals surface area contributed by atoms with Crippen molar-refractivity contribution in [3.63, 3.8) is 0 Å². The fourth-order valence-corrected chi connectivity index (χ4v) is 2.02. The zero-order chi connectivity index (χ0) is 20.7. The molecule has 2 aromatic heterocycles. The molecule has 7 heteroatoms. The van der Waals surface area contributed by atoms with Gasteiger partial charge in [-0.2, -0.15) is 0 Å². The molecule has 0 saturated heterocycles. The van der Waals surface area contributed by atoms with E-state index >= 15 is 0 Å². The van der Waals surface area contributed by atoms with E-state index in [-0.39, 0.29) is 37.0 Å². The number of unbranched alkanes of at least 4 members (excludes halogenated alkanes) is 1. The lowest BCUT2D eigenvalue weighted by atomic mass is 10.2. The zero-order valence-electron chi connectivity index (χ0n) is 18.0. The minimum absolute atomic E-state index is 0.0299. The van der Waals surface area contributed by atoms with Crippen LogP contribution in [0.25, 0.3) is 11.2 Å². The Labute approximate surface area is 125 Å². The number of imidazole rings is 1. The van der Waals surface area contributed by atoms with Crippen molar-refractivity contribution in [3.05, 3.63) is 27.1 Å². The van der Waals surface area contributed by atoms with E-state index in [9.17, 15) is 14.7 Å². The first-order valence-corrected chi connectivity index (χ1v) is 6.14. The van der Waals surface area contributed by atoms with E-state index in [0.717, 1.165) is 9.13 Å². The molecule has 0 aliphatic carbocycles. The minimum Gasteiger partial charge on any atom is -0.393 e. The Morgan fingerprint density at radius 2 is 2.30 bits per heavy atom. The van der Waals surface area contributed by atoms with Crippen molar-refractivity contribution < 1.29 is 14.7 Å². The number of aliphatic hydroxyl groups excluding tert-OH is 1. The molecule has 0 spiro atoms. The smallest absolute Gasteiger partial charge is 0.332 e. The molecule has 2 rings (SSSR count). The lowest BCUT2D eigenvalue weighted by Crippen LogP contribution is -2.39. The summed E-state index contributed by atoms with van der Waals surface area (Å²) in [5.41, 5.74) is -2.17. The number of aryl methyl sites for hydroxylation is 2. The number of aromatic nitrogens is 4. The number of fused-ring (bicyclic) bond motifs is 1. The van der Waals surface area contributed by atoms with Gasteiger partial charge in [0.15, 0.2) is 11.2 Å². The van der Waals surface area contributed by atoms with Gasteiger partial charge in [0.2, 0.25) is 0 Å². The van der Waals surface area contributed by atoms with Gasteiger partial charge in [-0.15, -0.1) is 0 Å². The summed E-state index contributed by atoms with van der Waals surface area (Å²) in [6.07, 6.45) is -1.71. The van der Waals surface area contributed by atoms with Crippen LogP contribution in [0.3, 0.4) is 0 Å². The topological polar surface area (TPSA) is 82.1 Å². The highest BCUT2D eigenvalue weighted by atomic mass is 16.3. The number of hydrogen-bond donors (Lipinski definition) is 1. The summed E-state index contributed by atoms with van der Waals surface area (Å²) in [5, 5.41) is 9.51. The largest absolute Gasteiger partial charge is 0.393 e. The fourth-order valence-electron chi connectivity index (χ4n) is 2.02. The molecule has 0 radical (unpaired) electrons. The number of hydrogen-bond acceptors (Lipinski definition) is 4. The van der Waals surface area contributed by atoms with Gasteiger partial charge in [0.25, 0.3) is 5.56 Å². The molecule has 7 nitrogen and oxygen atoms in total. The molecule has 1 N–H and O–H groups in total. The monoisotopic (exact) mass is 287 g/mol. The summed E-state index contributed by atoms with van der Waals surface area (Å²) in [7, 11) is 1.31. The summed E-state index contributed by atoms with van der Waals surface area (Å²) in [6.45, 7) is -5.40. The zero-order valence-corrected chi connectivity index (χ0v) is 11.0. The molecule has 1 atom stereocenters. The molecule has 0 saturated carbocycles. The van der Waals surface area contributed by atoms with Gasteiger partial charge in [-0.1, -0.05) is 0 Å². The van der Waals surface area contributed by atoms with Gasteiger partial charge in [-0.25, -0.2) is 9.78 Å². The first-order chi connectivity index (χ1) is 12.3. The van der Waals surface area contributed by atoms with Crippen molar-refractivity contribution in [1.82, 2.24) is 18.7 Å². The van der Waals surface area contributed by atoms with Crippen LogP contribution in [0.1, 0.15) is 35.7 Å². The quantitative estimate of drug-likeness (QED) is 0.784. The Balaban J connectivity index is 2.38. The maximum absolute atomic E-state index is 12.7. The Morgan fingerprint density at radius 3 is 3.00 bits per heavy atom. The van der Waals surface area contributed by atoms with E-state index in [1.807, 2.05) is 0 Å². The fraction of sp³-hybridized carbons (Fsp3) is 0.615. The van der Waals surface area contributed by atoms with Crippen molar-refractivity contribution in [3.8, 4) is 0 Å². The molecule has 2 heterocycles. The third-order valence-corrected chi connectivity index (χ3v) is 3.08. The van der Waals surface area contributed by atoms with Crippen molar-refractivity contribution >= 4 is 11.2 Å². The van der Waals surface area contributed by atoms with Crippen LogP contribution < -0.4 is 11.2 Å². The number of nitrogens with zero attached hydrogens (tertiary/aromatic N) is 4. The van der Waals surface area contributed by atoms with E-state index in [2.05, 4.69) is 4.98 Å². The average Bonchev–Trinajstić information content (AvgIpc) is 2.88. The van der Waals surface area contributed by atoms with Crippen molar-refractivity contribution in [2.24, 2.45) is 14.0 Å². The Bertz CT molecular complexity index is 954. The van der Waals surface area contributed by atoms with Crippen LogP contribution in [0.2, 0.25) is 0 Å². The van der Waals surface area contributed by atoms with Crippen LogP contribution in [0.4, 0.5) is 0 Å². The first-order valence-electron chi connectivity index (χ1n) is 9.64. The molecular weight excluding hydrogens is 260 g/mol. The lowest BCUT2D eigenvalue weighted by molar-refractivity contribution is 0.180. The van der Waals surface area contributed by atoms with Crippen molar-refractivity contribution in [2.75, 3.05) is 0 Å². The number of aliphatic hydroxyl groups is 1. The highest BCUT2D eigenvalue weighted by molar-refractivity contribution is 5.69. The molecular formula is C13H20N4O3. The summed E-state index contributed by atoms with van der Waals surface area (Å²) in [4.78, 5) is 28.8. The van der Waals surface area contributed by atoms with Gasteiger partial charge >= 0.3 is 5.69 Å². The number of rotatable bonds is 5. The first kappa shape index (κ1) is 7.78. The van der Waals surface area contributed by atoms with Crippen LogP contribution in [0, 0.1) is 0 Å². The third-order valence-electron chi connectivity index (χ3n) is 3.08. The molecule has 20 heavy (non-hydrogen) atoms. The van der Waals surface area contributed by atoms with E-state index in [1.165, 1.54) is 7.05 Å². The third kappa shape index (κ3) is 2.53. The predicted molar refractivity (Wildman–Crippen MR) is 75.7 cm³/mol. The molecule has 2 aromatic rings. The van der Waals surface area contributed by atoms with Crippen LogP contribution >= 0.6 is 0 Å². The molecule has 0 fully saturated rings. The van der Waals surface area contributed by atoms with Gasteiger partial charge in [0.1, 0.15) is 1.37 Å². The van der Waals surface area contributed by atoms with Crippen LogP contribution in [-0.4, -0.2) is 29.9 Å². The van der Waals surface area contributed by atoms with Gasteiger partial charge in [0, 0.05) is 28.8 Å². The van der Waals surface area contributed by atoms with E-state index < -0.39 is 37.5 Å². The van der Waals surface area contributed by atoms with E-state index in [4.69, 9.17) is 9.60 Å².